The Kier molecular flexibility index (Phi) is 9.99. The minimum Gasteiger partial charge on any atom is -0.299 e. The molecule has 142 valence electrons. The lowest BCUT2D eigenvalue weighted by atomic mass is 9.89. The minimum atomic E-state index is 0.331. The summed E-state index contributed by atoms with van der Waals surface area (Å²) in [6, 6.07) is 8.91. The lowest BCUT2D eigenvalue weighted by Gasteiger charge is -2.15. The molecule has 1 heteroatoms. The van der Waals surface area contributed by atoms with Crippen molar-refractivity contribution in [3.8, 4) is 0 Å². The molecule has 0 spiro atoms. The first kappa shape index (κ1) is 22.2. The van der Waals surface area contributed by atoms with E-state index in [-0.39, 0.29) is 0 Å². The van der Waals surface area contributed by atoms with Crippen LogP contribution in [0.4, 0.5) is 0 Å². The third-order valence-electron chi connectivity index (χ3n) is 4.93. The van der Waals surface area contributed by atoms with Gasteiger partial charge in [0.2, 0.25) is 0 Å². The van der Waals surface area contributed by atoms with E-state index in [1.54, 1.807) is 0 Å². The summed E-state index contributed by atoms with van der Waals surface area (Å²) in [5.74, 6) is 0.723. The van der Waals surface area contributed by atoms with Gasteiger partial charge >= 0.3 is 0 Å². The molecule has 1 aromatic rings. The Morgan fingerprint density at radius 1 is 1.04 bits per heavy atom. The molecule has 0 amide bonds. The van der Waals surface area contributed by atoms with E-state index in [1.807, 2.05) is 6.92 Å². The quantitative estimate of drug-likeness (QED) is 0.309. The summed E-state index contributed by atoms with van der Waals surface area (Å²) in [4.78, 5) is 12.4. The highest BCUT2D eigenvalue weighted by Gasteiger charge is 2.12. The smallest absolute Gasteiger partial charge is 0.136 e. The molecule has 1 rings (SSSR count). The molecule has 0 saturated carbocycles. The summed E-state index contributed by atoms with van der Waals surface area (Å²) in [7, 11) is 0. The number of hydrogen-bond acceptors (Lipinski definition) is 1. The zero-order valence-corrected chi connectivity index (χ0v) is 17.5. The van der Waals surface area contributed by atoms with Crippen LogP contribution in [0.25, 0.3) is 0 Å². The third kappa shape index (κ3) is 7.58. The number of Topliss-reactive ketones (excluding diaryl/α,β-unsaturated/α-hetero) is 1. The molecule has 0 aliphatic carbocycles. The van der Waals surface area contributed by atoms with Gasteiger partial charge in [-0.2, -0.15) is 0 Å². The van der Waals surface area contributed by atoms with E-state index < -0.39 is 0 Å². The van der Waals surface area contributed by atoms with Crippen molar-refractivity contribution in [3.63, 3.8) is 0 Å². The van der Waals surface area contributed by atoms with Gasteiger partial charge in [-0.25, -0.2) is 0 Å². The predicted molar refractivity (Wildman–Crippen MR) is 113 cm³/mol. The van der Waals surface area contributed by atoms with Gasteiger partial charge in [0, 0.05) is 12.8 Å². The summed E-state index contributed by atoms with van der Waals surface area (Å²) in [5.41, 5.74) is 9.19. The van der Waals surface area contributed by atoms with Crippen LogP contribution in [-0.4, -0.2) is 5.78 Å². The van der Waals surface area contributed by atoms with Crippen LogP contribution >= 0.6 is 0 Å². The van der Waals surface area contributed by atoms with Gasteiger partial charge in [0.1, 0.15) is 5.78 Å². The summed E-state index contributed by atoms with van der Waals surface area (Å²) in [6.07, 6.45) is 6.74. The maximum Gasteiger partial charge on any atom is 0.136 e. The SMILES string of the molecule is C=C=C(C)/C(=C(/C)CC(=O)CCCc1ccc(CCCC)cc1)C(C)C. The second kappa shape index (κ2) is 11.7. The Morgan fingerprint density at radius 3 is 2.04 bits per heavy atom. The monoisotopic (exact) mass is 352 g/mol. The summed E-state index contributed by atoms with van der Waals surface area (Å²) in [6.45, 7) is 14.4. The molecule has 0 unspecified atom stereocenters. The number of benzene rings is 1. The van der Waals surface area contributed by atoms with Crippen molar-refractivity contribution in [1.29, 1.82) is 0 Å². The molecule has 0 saturated heterocycles. The fourth-order valence-electron chi connectivity index (χ4n) is 3.56. The molecule has 0 bridgehead atoms. The first-order valence-electron chi connectivity index (χ1n) is 10.0. The van der Waals surface area contributed by atoms with Gasteiger partial charge in [-0.1, -0.05) is 63.6 Å². The van der Waals surface area contributed by atoms with Crippen molar-refractivity contribution >= 4 is 5.78 Å². The molecule has 1 aromatic carbocycles. The fraction of sp³-hybridized carbons (Fsp3) is 0.520. The Hall–Kier alpha value is -1.85. The fourth-order valence-corrected chi connectivity index (χ4v) is 3.56. The van der Waals surface area contributed by atoms with Gasteiger partial charge < -0.3 is 0 Å². The van der Waals surface area contributed by atoms with Crippen LogP contribution in [-0.2, 0) is 17.6 Å². The van der Waals surface area contributed by atoms with Crippen molar-refractivity contribution < 1.29 is 4.79 Å². The Balaban J connectivity index is 2.52. The maximum atomic E-state index is 12.4. The van der Waals surface area contributed by atoms with E-state index >= 15 is 0 Å². The molecule has 0 aromatic heterocycles. The van der Waals surface area contributed by atoms with Crippen LogP contribution in [0.1, 0.15) is 77.8 Å². The van der Waals surface area contributed by atoms with Gasteiger partial charge in [0.15, 0.2) is 0 Å². The highest BCUT2D eigenvalue weighted by molar-refractivity contribution is 5.81. The normalized spacial score (nSPS) is 11.9. The van der Waals surface area contributed by atoms with Crippen LogP contribution in [0.5, 0.6) is 0 Å². The minimum absolute atomic E-state index is 0.331. The highest BCUT2D eigenvalue weighted by Crippen LogP contribution is 2.25. The van der Waals surface area contributed by atoms with E-state index in [0.717, 1.165) is 24.8 Å². The van der Waals surface area contributed by atoms with E-state index in [1.165, 1.54) is 35.1 Å². The molecule has 1 nitrogen and oxygen atoms in total. The lowest BCUT2D eigenvalue weighted by molar-refractivity contribution is -0.118. The molecule has 0 fully saturated rings. The second-order valence-electron chi connectivity index (χ2n) is 7.64. The number of unbranched alkanes of at least 4 members (excludes halogenated alkanes) is 1. The summed E-state index contributed by atoms with van der Waals surface area (Å²) >= 11 is 0. The number of aryl methyl sites for hydroxylation is 2. The van der Waals surface area contributed by atoms with Crippen LogP contribution < -0.4 is 0 Å². The number of carbonyl (C=O) groups excluding carboxylic acids is 1. The van der Waals surface area contributed by atoms with Crippen molar-refractivity contribution in [2.24, 2.45) is 5.92 Å². The van der Waals surface area contributed by atoms with Gasteiger partial charge in [0.05, 0.1) is 0 Å². The van der Waals surface area contributed by atoms with Crippen LogP contribution in [0.2, 0.25) is 0 Å². The Bertz CT molecular complexity index is 652. The Morgan fingerprint density at radius 2 is 1.58 bits per heavy atom. The van der Waals surface area contributed by atoms with Crippen molar-refractivity contribution in [3.05, 3.63) is 64.4 Å². The zero-order valence-electron chi connectivity index (χ0n) is 17.5. The molecule has 0 aliphatic heterocycles. The molecular weight excluding hydrogens is 316 g/mol. The summed E-state index contributed by atoms with van der Waals surface area (Å²) < 4.78 is 0. The van der Waals surface area contributed by atoms with Crippen molar-refractivity contribution in [2.75, 3.05) is 0 Å². The predicted octanol–water partition coefficient (Wildman–Crippen LogP) is 7.01. The Labute approximate surface area is 160 Å². The zero-order chi connectivity index (χ0) is 19.5. The maximum absolute atomic E-state index is 12.4. The average molecular weight is 353 g/mol. The first-order valence-corrected chi connectivity index (χ1v) is 10.0. The van der Waals surface area contributed by atoms with Gasteiger partial charge in [-0.05, 0) is 67.7 Å². The average Bonchev–Trinajstić information content (AvgIpc) is 2.60. The third-order valence-corrected chi connectivity index (χ3v) is 4.93. The lowest BCUT2D eigenvalue weighted by Crippen LogP contribution is -2.05. The number of rotatable bonds is 11. The molecular formula is C25H36O. The van der Waals surface area contributed by atoms with Crippen LogP contribution in [0.3, 0.4) is 0 Å². The highest BCUT2D eigenvalue weighted by atomic mass is 16.1. The molecule has 26 heavy (non-hydrogen) atoms. The van der Waals surface area contributed by atoms with Gasteiger partial charge in [-0.15, -0.1) is 5.73 Å². The topological polar surface area (TPSA) is 17.1 Å². The molecule has 0 N–H and O–H groups in total. The largest absolute Gasteiger partial charge is 0.299 e. The van der Waals surface area contributed by atoms with E-state index in [9.17, 15) is 4.79 Å². The van der Waals surface area contributed by atoms with E-state index in [4.69, 9.17) is 0 Å². The number of hydrogen-bond donors (Lipinski definition) is 0. The van der Waals surface area contributed by atoms with Crippen LogP contribution in [0.15, 0.2) is 53.3 Å². The molecule has 0 atom stereocenters. The molecule has 0 heterocycles. The second-order valence-corrected chi connectivity index (χ2v) is 7.64. The number of carbonyl (C=O) groups is 1. The summed E-state index contributed by atoms with van der Waals surface area (Å²) in [5, 5.41) is 0. The van der Waals surface area contributed by atoms with E-state index in [2.05, 4.69) is 64.3 Å². The van der Waals surface area contributed by atoms with Gasteiger partial charge in [-0.3, -0.25) is 4.79 Å². The van der Waals surface area contributed by atoms with Crippen molar-refractivity contribution in [1.82, 2.24) is 0 Å². The molecule has 0 aliphatic rings. The van der Waals surface area contributed by atoms with E-state index in [0.29, 0.717) is 24.5 Å². The number of allylic oxidation sites excluding steroid dienone is 3. The first-order chi connectivity index (χ1) is 12.4. The van der Waals surface area contributed by atoms with Crippen molar-refractivity contribution in [2.45, 2.75) is 79.6 Å². The van der Waals surface area contributed by atoms with Gasteiger partial charge in [0.25, 0.3) is 0 Å². The number of ketones is 1. The molecule has 0 radical (unpaired) electrons. The van der Waals surface area contributed by atoms with Crippen LogP contribution in [0, 0.1) is 5.92 Å². The standard InChI is InChI=1S/C25H36O/c1-7-9-11-22-14-16-23(17-15-22)12-10-13-24(26)18-21(6)25(19(3)4)20(5)8-2/h14-17,19H,2,7,9-13,18H2,1,3-6H3/b25-21-.